The Kier molecular flexibility index (Phi) is 6.97. The summed E-state index contributed by atoms with van der Waals surface area (Å²) in [5, 5.41) is 9.13. The van der Waals surface area contributed by atoms with Gasteiger partial charge in [-0.2, -0.15) is 0 Å². The Bertz CT molecular complexity index is 3330. The number of fused-ring (bicyclic) bond motifs is 12. The molecule has 0 unspecified atom stereocenters. The molecule has 3 heterocycles. The summed E-state index contributed by atoms with van der Waals surface area (Å²) in [5.74, 6) is 0.556. The second-order valence-corrected chi connectivity index (χ2v) is 15.4. The first-order chi connectivity index (χ1) is 27.8. The minimum atomic E-state index is 0.556. The Morgan fingerprint density at radius 2 is 0.911 bits per heavy atom. The van der Waals surface area contributed by atoms with Gasteiger partial charge in [-0.15, -0.1) is 0 Å². The van der Waals surface area contributed by atoms with Gasteiger partial charge in [0.15, 0.2) is 0 Å². The molecule has 1 aliphatic carbocycles. The summed E-state index contributed by atoms with van der Waals surface area (Å²) in [7, 11) is 0. The van der Waals surface area contributed by atoms with E-state index in [4.69, 9.17) is 18.8 Å². The van der Waals surface area contributed by atoms with Crippen LogP contribution in [0.1, 0.15) is 43.6 Å². The van der Waals surface area contributed by atoms with Crippen LogP contribution in [-0.4, -0.2) is 9.97 Å². The SMILES string of the molecule is c1cc(-c2cnc3c4ccccc4c4ccccc4c3n2)cc(-c2cccc3c2oc2c(-c4cccc5c4oc4c(C6CCCCC6)cccc45)cccc23)c1. The smallest absolute Gasteiger partial charge is 0.143 e. The Morgan fingerprint density at radius 3 is 1.59 bits per heavy atom. The molecule has 4 heteroatoms. The summed E-state index contributed by atoms with van der Waals surface area (Å²) in [6, 6.07) is 51.7. The number of rotatable bonds is 4. The van der Waals surface area contributed by atoms with E-state index in [1.54, 1.807) is 0 Å². The molecule has 1 fully saturated rings. The van der Waals surface area contributed by atoms with Gasteiger partial charge in [0, 0.05) is 54.6 Å². The average molecular weight is 721 g/mol. The van der Waals surface area contributed by atoms with E-state index in [0.717, 1.165) is 93.8 Å². The lowest BCUT2D eigenvalue weighted by molar-refractivity contribution is 0.442. The molecule has 0 amide bonds. The van der Waals surface area contributed by atoms with Gasteiger partial charge >= 0.3 is 0 Å². The third-order valence-corrected chi connectivity index (χ3v) is 12.3. The highest BCUT2D eigenvalue weighted by atomic mass is 16.3. The van der Waals surface area contributed by atoms with Gasteiger partial charge in [0.1, 0.15) is 22.3 Å². The highest BCUT2D eigenvalue weighted by molar-refractivity contribution is 6.23. The third-order valence-electron chi connectivity index (χ3n) is 12.3. The number of furan rings is 2. The molecular weight excluding hydrogens is 685 g/mol. The first-order valence-electron chi connectivity index (χ1n) is 19.8. The van der Waals surface area contributed by atoms with Crippen LogP contribution in [0.3, 0.4) is 0 Å². The lowest BCUT2D eigenvalue weighted by atomic mass is 9.83. The highest BCUT2D eigenvalue weighted by Crippen LogP contribution is 2.45. The van der Waals surface area contributed by atoms with Crippen LogP contribution in [0.4, 0.5) is 0 Å². The van der Waals surface area contributed by atoms with E-state index in [2.05, 4.69) is 146 Å². The molecular formula is C52H36N2O2. The maximum Gasteiger partial charge on any atom is 0.143 e. The molecule has 56 heavy (non-hydrogen) atoms. The number of para-hydroxylation sites is 4. The Morgan fingerprint density at radius 1 is 0.411 bits per heavy atom. The van der Waals surface area contributed by atoms with Crippen LogP contribution >= 0.6 is 0 Å². The zero-order chi connectivity index (χ0) is 36.7. The fraction of sp³-hybridized carbons (Fsp3) is 0.115. The van der Waals surface area contributed by atoms with Gasteiger partial charge in [0.25, 0.3) is 0 Å². The summed E-state index contributed by atoms with van der Waals surface area (Å²) in [6.07, 6.45) is 8.29. The van der Waals surface area contributed by atoms with Gasteiger partial charge in [-0.1, -0.05) is 159 Å². The topological polar surface area (TPSA) is 52.1 Å². The lowest BCUT2D eigenvalue weighted by Gasteiger charge is -2.21. The number of hydrogen-bond acceptors (Lipinski definition) is 4. The summed E-state index contributed by atoms with van der Waals surface area (Å²) >= 11 is 0. The first-order valence-corrected chi connectivity index (χ1v) is 19.8. The number of benzene rings is 8. The standard InChI is InChI=1S/C52H36N2O2/c1-2-13-31(14-3-1)34-21-9-23-40-42-25-11-27-44(51(42)55-49(34)40)45-28-12-26-43-41-24-10-22-35(50(41)56-52(43)45)32-15-8-16-33(29-32)46-30-53-47-38-19-6-4-17-36(38)37-18-5-7-20-39(37)48(47)54-46/h4-12,15-31H,1-3,13-14H2. The van der Waals surface area contributed by atoms with E-state index in [0.29, 0.717) is 5.92 Å². The minimum absolute atomic E-state index is 0.556. The van der Waals surface area contributed by atoms with Gasteiger partial charge in [-0.25, -0.2) is 4.98 Å². The molecule has 11 aromatic rings. The van der Waals surface area contributed by atoms with Crippen LogP contribution in [0.5, 0.6) is 0 Å². The van der Waals surface area contributed by atoms with Crippen LogP contribution in [0.15, 0.2) is 161 Å². The number of aromatic nitrogens is 2. The van der Waals surface area contributed by atoms with Gasteiger partial charge in [0.2, 0.25) is 0 Å². The molecule has 266 valence electrons. The van der Waals surface area contributed by atoms with E-state index in [9.17, 15) is 0 Å². The first kappa shape index (κ1) is 31.6. The molecule has 0 N–H and O–H groups in total. The van der Waals surface area contributed by atoms with Crippen molar-refractivity contribution >= 4 is 76.5 Å². The molecule has 12 rings (SSSR count). The van der Waals surface area contributed by atoms with E-state index < -0.39 is 0 Å². The summed E-state index contributed by atoms with van der Waals surface area (Å²) in [6.45, 7) is 0. The second-order valence-electron chi connectivity index (χ2n) is 15.4. The molecule has 3 aromatic heterocycles. The highest BCUT2D eigenvalue weighted by Gasteiger charge is 2.23. The van der Waals surface area contributed by atoms with Gasteiger partial charge in [-0.05, 0) is 46.7 Å². The molecule has 0 radical (unpaired) electrons. The van der Waals surface area contributed by atoms with Crippen molar-refractivity contribution in [2.45, 2.75) is 38.0 Å². The van der Waals surface area contributed by atoms with Crippen LogP contribution < -0.4 is 0 Å². The van der Waals surface area contributed by atoms with E-state index >= 15 is 0 Å². The molecule has 0 atom stereocenters. The average Bonchev–Trinajstić information content (AvgIpc) is 3.86. The van der Waals surface area contributed by atoms with Gasteiger partial charge in [0.05, 0.1) is 22.9 Å². The summed E-state index contributed by atoms with van der Waals surface area (Å²) < 4.78 is 13.9. The summed E-state index contributed by atoms with van der Waals surface area (Å²) in [4.78, 5) is 10.3. The van der Waals surface area contributed by atoms with E-state index in [1.165, 1.54) is 53.8 Å². The van der Waals surface area contributed by atoms with Crippen LogP contribution in [0, 0.1) is 0 Å². The Hall–Kier alpha value is -6.78. The van der Waals surface area contributed by atoms with Crippen molar-refractivity contribution in [1.29, 1.82) is 0 Å². The van der Waals surface area contributed by atoms with Crippen molar-refractivity contribution in [1.82, 2.24) is 9.97 Å². The van der Waals surface area contributed by atoms with Crippen LogP contribution in [-0.2, 0) is 0 Å². The van der Waals surface area contributed by atoms with Crippen molar-refractivity contribution in [2.75, 3.05) is 0 Å². The van der Waals surface area contributed by atoms with Crippen molar-refractivity contribution in [3.8, 4) is 33.5 Å². The quantitative estimate of drug-likeness (QED) is 0.170. The van der Waals surface area contributed by atoms with Crippen LogP contribution in [0.25, 0.3) is 110 Å². The molecule has 0 aliphatic heterocycles. The number of hydrogen-bond donors (Lipinski definition) is 0. The maximum absolute atomic E-state index is 6.99. The minimum Gasteiger partial charge on any atom is -0.455 e. The van der Waals surface area contributed by atoms with Gasteiger partial charge in [-0.3, -0.25) is 4.98 Å². The van der Waals surface area contributed by atoms with Crippen molar-refractivity contribution in [3.63, 3.8) is 0 Å². The predicted molar refractivity (Wildman–Crippen MR) is 231 cm³/mol. The van der Waals surface area contributed by atoms with E-state index in [1.807, 2.05) is 6.20 Å². The predicted octanol–water partition coefficient (Wildman–Crippen LogP) is 14.8. The largest absolute Gasteiger partial charge is 0.455 e. The third kappa shape index (κ3) is 4.72. The molecule has 1 saturated carbocycles. The Balaban J connectivity index is 0.997. The molecule has 1 aliphatic rings. The fourth-order valence-corrected chi connectivity index (χ4v) is 9.66. The monoisotopic (exact) mass is 720 g/mol. The molecule has 0 spiro atoms. The van der Waals surface area contributed by atoms with Crippen LogP contribution in [0.2, 0.25) is 0 Å². The normalized spacial score (nSPS) is 14.0. The Labute approximate surface area is 323 Å². The zero-order valence-electron chi connectivity index (χ0n) is 30.8. The van der Waals surface area contributed by atoms with Gasteiger partial charge < -0.3 is 8.83 Å². The second kappa shape index (κ2) is 12.4. The number of nitrogens with zero attached hydrogens (tertiary/aromatic N) is 2. The van der Waals surface area contributed by atoms with Crippen molar-refractivity contribution < 1.29 is 8.83 Å². The van der Waals surface area contributed by atoms with E-state index in [-0.39, 0.29) is 0 Å². The van der Waals surface area contributed by atoms with Crippen molar-refractivity contribution in [3.05, 3.63) is 157 Å². The zero-order valence-corrected chi connectivity index (χ0v) is 30.8. The fourth-order valence-electron chi connectivity index (χ4n) is 9.66. The molecule has 0 bridgehead atoms. The van der Waals surface area contributed by atoms with Crippen molar-refractivity contribution in [2.24, 2.45) is 0 Å². The molecule has 4 nitrogen and oxygen atoms in total. The summed E-state index contributed by atoms with van der Waals surface area (Å²) in [5.41, 5.74) is 12.9. The lowest BCUT2D eigenvalue weighted by Crippen LogP contribution is -2.04. The maximum atomic E-state index is 6.99. The molecule has 8 aromatic carbocycles. The molecule has 0 saturated heterocycles.